The molecule has 5 N–H and O–H groups in total. The fraction of sp³-hybridized carbons (Fsp3) is 0.583. The van der Waals surface area contributed by atoms with Crippen molar-refractivity contribution in [1.82, 2.24) is 19.5 Å². The van der Waals surface area contributed by atoms with Gasteiger partial charge in [-0.1, -0.05) is 0 Å². The number of nitrogen functional groups attached to an aromatic ring is 1. The Morgan fingerprint density at radius 3 is 2.71 bits per heavy atom. The SMILES string of the molecule is C[C@@H](O)[C@@]1(C)O[C@@H](n2cnc3c(N)ncnc32)[C@@H](O)C1O. The van der Waals surface area contributed by atoms with Gasteiger partial charge in [0.2, 0.25) is 0 Å². The van der Waals surface area contributed by atoms with Crippen molar-refractivity contribution in [3.63, 3.8) is 0 Å². The molecule has 0 radical (unpaired) electrons. The van der Waals surface area contributed by atoms with E-state index in [9.17, 15) is 15.3 Å². The summed E-state index contributed by atoms with van der Waals surface area (Å²) in [6, 6.07) is 0. The highest BCUT2D eigenvalue weighted by molar-refractivity contribution is 5.81. The van der Waals surface area contributed by atoms with Gasteiger partial charge in [-0.3, -0.25) is 4.57 Å². The predicted octanol–water partition coefficient (Wildman–Crippen LogP) is -1.20. The van der Waals surface area contributed by atoms with Gasteiger partial charge in [0.05, 0.1) is 12.4 Å². The summed E-state index contributed by atoms with van der Waals surface area (Å²) >= 11 is 0. The minimum atomic E-state index is -1.29. The van der Waals surface area contributed by atoms with Gasteiger partial charge < -0.3 is 25.8 Å². The molecule has 0 bridgehead atoms. The third-order valence-corrected chi connectivity index (χ3v) is 4.07. The van der Waals surface area contributed by atoms with Crippen LogP contribution in [0, 0.1) is 0 Å². The van der Waals surface area contributed by atoms with E-state index in [0.29, 0.717) is 11.2 Å². The van der Waals surface area contributed by atoms with Gasteiger partial charge in [0.25, 0.3) is 0 Å². The number of hydrogen-bond acceptors (Lipinski definition) is 8. The van der Waals surface area contributed by atoms with E-state index in [0.717, 1.165) is 0 Å². The molecule has 9 nitrogen and oxygen atoms in total. The van der Waals surface area contributed by atoms with E-state index < -0.39 is 30.1 Å². The summed E-state index contributed by atoms with van der Waals surface area (Å²) in [6.07, 6.45) is -1.70. The second kappa shape index (κ2) is 4.60. The normalized spacial score (nSPS) is 34.4. The molecule has 2 aromatic heterocycles. The van der Waals surface area contributed by atoms with Gasteiger partial charge in [0.1, 0.15) is 29.7 Å². The summed E-state index contributed by atoms with van der Waals surface area (Å²) in [5.41, 5.74) is 5.19. The highest BCUT2D eigenvalue weighted by atomic mass is 16.6. The molecule has 0 amide bonds. The fourth-order valence-corrected chi connectivity index (χ4v) is 2.52. The summed E-state index contributed by atoms with van der Waals surface area (Å²) in [4.78, 5) is 12.0. The lowest BCUT2D eigenvalue weighted by molar-refractivity contribution is -0.146. The highest BCUT2D eigenvalue weighted by Crippen LogP contribution is 2.40. The number of nitrogens with zero attached hydrogens (tertiary/aromatic N) is 4. The molecule has 3 rings (SSSR count). The molecule has 3 heterocycles. The van der Waals surface area contributed by atoms with Gasteiger partial charge in [-0.15, -0.1) is 0 Å². The first kappa shape index (κ1) is 14.1. The summed E-state index contributed by atoms with van der Waals surface area (Å²) < 4.78 is 7.17. The smallest absolute Gasteiger partial charge is 0.167 e. The van der Waals surface area contributed by atoms with Crippen LogP contribution in [0.3, 0.4) is 0 Å². The number of aliphatic hydroxyl groups is 3. The minimum absolute atomic E-state index is 0.213. The quantitative estimate of drug-likeness (QED) is 0.541. The molecule has 0 saturated carbocycles. The van der Waals surface area contributed by atoms with Crippen LogP contribution in [-0.4, -0.2) is 58.8 Å². The molecule has 0 spiro atoms. The van der Waals surface area contributed by atoms with Gasteiger partial charge in [0.15, 0.2) is 17.7 Å². The molecule has 1 saturated heterocycles. The average molecular weight is 295 g/mol. The van der Waals surface area contributed by atoms with Gasteiger partial charge in [-0.05, 0) is 13.8 Å². The van der Waals surface area contributed by atoms with Crippen molar-refractivity contribution in [2.24, 2.45) is 0 Å². The van der Waals surface area contributed by atoms with Gasteiger partial charge in [0, 0.05) is 0 Å². The van der Waals surface area contributed by atoms with Crippen molar-refractivity contribution in [2.75, 3.05) is 5.73 Å². The monoisotopic (exact) mass is 295 g/mol. The zero-order valence-corrected chi connectivity index (χ0v) is 11.6. The van der Waals surface area contributed by atoms with E-state index in [-0.39, 0.29) is 5.82 Å². The number of hydrogen-bond donors (Lipinski definition) is 4. The zero-order valence-electron chi connectivity index (χ0n) is 11.6. The molecular formula is C12H17N5O4. The maximum absolute atomic E-state index is 10.2. The number of aliphatic hydroxyl groups excluding tert-OH is 3. The first-order valence-electron chi connectivity index (χ1n) is 6.51. The predicted molar refractivity (Wildman–Crippen MR) is 72.0 cm³/mol. The molecule has 1 aliphatic heterocycles. The molecule has 114 valence electrons. The van der Waals surface area contributed by atoms with Crippen LogP contribution < -0.4 is 5.73 Å². The lowest BCUT2D eigenvalue weighted by Gasteiger charge is -2.30. The molecule has 21 heavy (non-hydrogen) atoms. The fourth-order valence-electron chi connectivity index (χ4n) is 2.52. The Balaban J connectivity index is 2.06. The summed E-state index contributed by atoms with van der Waals surface area (Å²) in [5.74, 6) is 0.213. The molecule has 0 aromatic carbocycles. The highest BCUT2D eigenvalue weighted by Gasteiger charge is 2.54. The molecular weight excluding hydrogens is 278 g/mol. The van der Waals surface area contributed by atoms with Crippen molar-refractivity contribution in [3.8, 4) is 0 Å². The number of aromatic nitrogens is 4. The van der Waals surface area contributed by atoms with Crippen LogP contribution in [0.25, 0.3) is 11.2 Å². The van der Waals surface area contributed by atoms with E-state index in [1.807, 2.05) is 0 Å². The van der Waals surface area contributed by atoms with E-state index in [1.54, 1.807) is 0 Å². The Kier molecular flexibility index (Phi) is 3.10. The largest absolute Gasteiger partial charge is 0.390 e. The third kappa shape index (κ3) is 1.89. The third-order valence-electron chi connectivity index (χ3n) is 4.07. The molecule has 1 unspecified atom stereocenters. The standard InChI is InChI=1S/C12H17N5O4/c1-5(18)12(2)8(20)7(19)11(21-12)17-4-16-6-9(13)14-3-15-10(6)17/h3-5,7-8,11,18-20H,1-2H3,(H2,13,14,15)/t5-,7+,8?,11-,12-/m1/s1. The van der Waals surface area contributed by atoms with E-state index in [4.69, 9.17) is 10.5 Å². The first-order valence-corrected chi connectivity index (χ1v) is 6.51. The van der Waals surface area contributed by atoms with E-state index in [1.165, 1.54) is 31.1 Å². The summed E-state index contributed by atoms with van der Waals surface area (Å²) in [6.45, 7) is 3.03. The Hall–Kier alpha value is -1.81. The summed E-state index contributed by atoms with van der Waals surface area (Å²) in [5, 5.41) is 30.2. The maximum atomic E-state index is 10.2. The Labute approximate surface area is 120 Å². The average Bonchev–Trinajstić information content (AvgIpc) is 2.96. The number of rotatable bonds is 2. The number of ether oxygens (including phenoxy) is 1. The van der Waals surface area contributed by atoms with Crippen molar-refractivity contribution >= 4 is 17.0 Å². The maximum Gasteiger partial charge on any atom is 0.167 e. The molecule has 1 fully saturated rings. The molecule has 2 aromatic rings. The second-order valence-electron chi connectivity index (χ2n) is 5.39. The molecule has 5 atom stereocenters. The van der Waals surface area contributed by atoms with Crippen LogP contribution >= 0.6 is 0 Å². The van der Waals surface area contributed by atoms with Crippen LogP contribution in [0.1, 0.15) is 20.1 Å². The van der Waals surface area contributed by atoms with Gasteiger partial charge >= 0.3 is 0 Å². The van der Waals surface area contributed by atoms with Gasteiger partial charge in [-0.25, -0.2) is 15.0 Å². The number of nitrogens with two attached hydrogens (primary N) is 1. The lowest BCUT2D eigenvalue weighted by atomic mass is 9.92. The topological polar surface area (TPSA) is 140 Å². The number of imidazole rings is 1. The second-order valence-corrected chi connectivity index (χ2v) is 5.39. The zero-order chi connectivity index (χ0) is 15.4. The number of anilines is 1. The van der Waals surface area contributed by atoms with Crippen LogP contribution in [0.4, 0.5) is 5.82 Å². The van der Waals surface area contributed by atoms with Crippen molar-refractivity contribution < 1.29 is 20.1 Å². The van der Waals surface area contributed by atoms with Gasteiger partial charge in [-0.2, -0.15) is 0 Å². The van der Waals surface area contributed by atoms with Crippen LogP contribution in [0.2, 0.25) is 0 Å². The Morgan fingerprint density at radius 2 is 2.10 bits per heavy atom. The van der Waals surface area contributed by atoms with Crippen molar-refractivity contribution in [3.05, 3.63) is 12.7 Å². The van der Waals surface area contributed by atoms with E-state index in [2.05, 4.69) is 15.0 Å². The van der Waals surface area contributed by atoms with E-state index >= 15 is 0 Å². The Morgan fingerprint density at radius 1 is 1.38 bits per heavy atom. The molecule has 9 heteroatoms. The minimum Gasteiger partial charge on any atom is -0.390 e. The first-order chi connectivity index (χ1) is 9.86. The summed E-state index contributed by atoms with van der Waals surface area (Å²) in [7, 11) is 0. The van der Waals surface area contributed by atoms with Crippen molar-refractivity contribution in [1.29, 1.82) is 0 Å². The van der Waals surface area contributed by atoms with Crippen molar-refractivity contribution in [2.45, 2.75) is 44.0 Å². The van der Waals surface area contributed by atoms with Crippen LogP contribution in [0.15, 0.2) is 12.7 Å². The van der Waals surface area contributed by atoms with Crippen LogP contribution in [0.5, 0.6) is 0 Å². The Bertz CT molecular complexity index is 675. The molecule has 0 aliphatic carbocycles. The lowest BCUT2D eigenvalue weighted by Crippen LogP contribution is -2.48. The molecule has 1 aliphatic rings. The van der Waals surface area contributed by atoms with Crippen LogP contribution in [-0.2, 0) is 4.74 Å². The number of fused-ring (bicyclic) bond motifs is 1.